The summed E-state index contributed by atoms with van der Waals surface area (Å²) in [5.74, 6) is -1.44. The molecule has 1 atom stereocenters. The number of Topliss-reactive ketones (excluding diaryl/α,β-unsaturated/α-hetero) is 1. The molecule has 3 aromatic rings. The molecule has 12 nitrogen and oxygen atoms in total. The van der Waals surface area contributed by atoms with Crippen LogP contribution in [0.4, 0.5) is 4.79 Å². The topological polar surface area (TPSA) is 154 Å². The quantitative estimate of drug-likeness (QED) is 0.454. The first-order chi connectivity index (χ1) is 14.5. The number of hydrogen-bond acceptors (Lipinski definition) is 8. The van der Waals surface area contributed by atoms with E-state index < -0.39 is 30.3 Å². The summed E-state index contributed by atoms with van der Waals surface area (Å²) in [6.07, 6.45) is 3.37. The number of imidazole rings is 1. The first kappa shape index (κ1) is 23.5. The molecule has 1 unspecified atom stereocenters. The molecule has 0 aliphatic rings. The van der Waals surface area contributed by atoms with E-state index in [0.717, 1.165) is 5.56 Å². The standard InChI is InChI=1S/C18H19N7O5.ClH/c26-15(9-25-16(21-22-23-25)10-24-7-6-19-12-24)14(8-17(27)28)20-18(29)30-11-13-4-2-1-3-5-13;/h1-7,12,14H,8-11H2,(H,20,29)(H,27,28);1H. The van der Waals surface area contributed by atoms with Crippen molar-refractivity contribution in [2.75, 3.05) is 0 Å². The second kappa shape index (κ2) is 11.4. The maximum Gasteiger partial charge on any atom is 0.408 e. The number of aliphatic carboxylic acids is 1. The second-order valence-electron chi connectivity index (χ2n) is 6.31. The summed E-state index contributed by atoms with van der Waals surface area (Å²) in [6.45, 7) is -0.0485. The number of benzene rings is 1. The maximum absolute atomic E-state index is 12.6. The first-order valence-electron chi connectivity index (χ1n) is 8.94. The molecule has 31 heavy (non-hydrogen) atoms. The summed E-state index contributed by atoms with van der Waals surface area (Å²) in [5.41, 5.74) is 0.756. The minimum absolute atomic E-state index is 0. The fourth-order valence-corrected chi connectivity index (χ4v) is 2.59. The summed E-state index contributed by atoms with van der Waals surface area (Å²) in [4.78, 5) is 39.8. The van der Waals surface area contributed by atoms with Crippen molar-refractivity contribution in [3.05, 3.63) is 60.4 Å². The smallest absolute Gasteiger partial charge is 0.408 e. The van der Waals surface area contributed by atoms with Crippen molar-refractivity contribution < 1.29 is 24.2 Å². The van der Waals surface area contributed by atoms with Gasteiger partial charge in [0.1, 0.15) is 19.2 Å². The lowest BCUT2D eigenvalue weighted by atomic mass is 10.1. The summed E-state index contributed by atoms with van der Waals surface area (Å²) in [6, 6.07) is 7.66. The van der Waals surface area contributed by atoms with E-state index in [2.05, 4.69) is 25.8 Å². The summed E-state index contributed by atoms with van der Waals surface area (Å²) in [5, 5.41) is 22.6. The number of amides is 1. The van der Waals surface area contributed by atoms with E-state index in [1.807, 2.05) is 6.07 Å². The Hall–Kier alpha value is -3.80. The van der Waals surface area contributed by atoms with Gasteiger partial charge < -0.3 is 19.7 Å². The number of ketones is 1. The number of halogens is 1. The van der Waals surface area contributed by atoms with Crippen molar-refractivity contribution >= 4 is 30.3 Å². The van der Waals surface area contributed by atoms with Crippen LogP contribution in [-0.4, -0.2) is 58.8 Å². The van der Waals surface area contributed by atoms with Crippen LogP contribution < -0.4 is 5.32 Å². The number of tetrazole rings is 1. The number of nitrogens with zero attached hydrogens (tertiary/aromatic N) is 6. The van der Waals surface area contributed by atoms with Crippen LogP contribution in [0.1, 0.15) is 17.8 Å². The maximum atomic E-state index is 12.6. The molecule has 0 radical (unpaired) electrons. The Morgan fingerprint density at radius 1 is 1.19 bits per heavy atom. The highest BCUT2D eigenvalue weighted by atomic mass is 35.5. The van der Waals surface area contributed by atoms with E-state index in [1.54, 1.807) is 47.6 Å². The Bertz CT molecular complexity index is 994. The highest BCUT2D eigenvalue weighted by Crippen LogP contribution is 2.04. The molecule has 0 aliphatic heterocycles. The SMILES string of the molecule is Cl.O=C(O)CC(NC(=O)OCc1ccccc1)C(=O)Cn1nnnc1Cn1ccnc1. The predicted molar refractivity (Wildman–Crippen MR) is 107 cm³/mol. The molecule has 0 bridgehead atoms. The fourth-order valence-electron chi connectivity index (χ4n) is 2.59. The van der Waals surface area contributed by atoms with E-state index in [4.69, 9.17) is 9.84 Å². The molecule has 164 valence electrons. The largest absolute Gasteiger partial charge is 0.481 e. The number of carboxylic acid groups (broad SMARTS) is 1. The molecule has 13 heteroatoms. The Balaban J connectivity index is 0.00000341. The zero-order chi connectivity index (χ0) is 21.3. The van der Waals surface area contributed by atoms with Gasteiger partial charge >= 0.3 is 12.1 Å². The summed E-state index contributed by atoms with van der Waals surface area (Å²) >= 11 is 0. The van der Waals surface area contributed by atoms with Gasteiger partial charge in [-0.05, 0) is 16.0 Å². The molecule has 2 aromatic heterocycles. The van der Waals surface area contributed by atoms with Gasteiger partial charge in [-0.1, -0.05) is 30.3 Å². The van der Waals surface area contributed by atoms with Crippen molar-refractivity contribution in [2.24, 2.45) is 0 Å². The first-order valence-corrected chi connectivity index (χ1v) is 8.94. The number of carbonyl (C=O) groups is 3. The minimum atomic E-state index is -1.30. The van der Waals surface area contributed by atoms with Gasteiger partial charge in [0.15, 0.2) is 11.6 Å². The normalized spacial score (nSPS) is 11.2. The molecular weight excluding hydrogens is 430 g/mol. The Morgan fingerprint density at radius 3 is 2.65 bits per heavy atom. The number of carbonyl (C=O) groups excluding carboxylic acids is 2. The third-order valence-corrected chi connectivity index (χ3v) is 4.07. The molecule has 0 fully saturated rings. The van der Waals surface area contributed by atoms with Crippen molar-refractivity contribution in [1.29, 1.82) is 0 Å². The number of carboxylic acids is 1. The van der Waals surface area contributed by atoms with E-state index in [0.29, 0.717) is 5.82 Å². The molecule has 2 N–H and O–H groups in total. The van der Waals surface area contributed by atoms with Crippen LogP contribution in [0.3, 0.4) is 0 Å². The van der Waals surface area contributed by atoms with Gasteiger partial charge in [0, 0.05) is 12.4 Å². The summed E-state index contributed by atoms with van der Waals surface area (Å²) < 4.78 is 8.02. The van der Waals surface area contributed by atoms with Crippen molar-refractivity contribution in [3.63, 3.8) is 0 Å². The average Bonchev–Trinajstić information content (AvgIpc) is 3.39. The number of alkyl carbamates (subject to hydrolysis) is 1. The van der Waals surface area contributed by atoms with Gasteiger partial charge in [0.2, 0.25) is 0 Å². The molecule has 0 saturated heterocycles. The molecule has 0 saturated carbocycles. The lowest BCUT2D eigenvalue weighted by Crippen LogP contribution is -2.44. The fraction of sp³-hybridized carbons (Fsp3) is 0.278. The van der Waals surface area contributed by atoms with Crippen molar-refractivity contribution in [1.82, 2.24) is 35.1 Å². The highest BCUT2D eigenvalue weighted by Gasteiger charge is 2.26. The van der Waals surface area contributed by atoms with E-state index in [1.165, 1.54) is 4.68 Å². The molecule has 0 spiro atoms. The van der Waals surface area contributed by atoms with E-state index in [-0.39, 0.29) is 32.1 Å². The van der Waals surface area contributed by atoms with Crippen LogP contribution in [0, 0.1) is 0 Å². The van der Waals surface area contributed by atoms with Gasteiger partial charge in [-0.25, -0.2) is 14.5 Å². The third-order valence-electron chi connectivity index (χ3n) is 4.07. The second-order valence-corrected chi connectivity index (χ2v) is 6.31. The average molecular weight is 450 g/mol. The van der Waals surface area contributed by atoms with Crippen LogP contribution in [0.2, 0.25) is 0 Å². The van der Waals surface area contributed by atoms with Gasteiger partial charge in [-0.3, -0.25) is 9.59 Å². The Kier molecular flexibility index (Phi) is 8.64. The van der Waals surface area contributed by atoms with E-state index >= 15 is 0 Å². The predicted octanol–water partition coefficient (Wildman–Crippen LogP) is 0.678. The van der Waals surface area contributed by atoms with Gasteiger partial charge in [0.05, 0.1) is 19.3 Å². The highest BCUT2D eigenvalue weighted by molar-refractivity contribution is 5.90. The van der Waals surface area contributed by atoms with Crippen molar-refractivity contribution in [2.45, 2.75) is 32.2 Å². The molecule has 1 aromatic carbocycles. The Labute approximate surface area is 182 Å². The van der Waals surface area contributed by atoms with Crippen LogP contribution in [-0.2, 0) is 34.0 Å². The van der Waals surface area contributed by atoms with Crippen LogP contribution in [0.5, 0.6) is 0 Å². The molecule has 1 amide bonds. The number of nitrogens with one attached hydrogen (secondary N) is 1. The lowest BCUT2D eigenvalue weighted by molar-refractivity contribution is -0.139. The van der Waals surface area contributed by atoms with Crippen LogP contribution in [0.25, 0.3) is 0 Å². The van der Waals surface area contributed by atoms with E-state index in [9.17, 15) is 14.4 Å². The summed E-state index contributed by atoms with van der Waals surface area (Å²) in [7, 11) is 0. The van der Waals surface area contributed by atoms with Crippen LogP contribution >= 0.6 is 12.4 Å². The number of rotatable bonds is 10. The zero-order valence-electron chi connectivity index (χ0n) is 16.2. The minimum Gasteiger partial charge on any atom is -0.481 e. The van der Waals surface area contributed by atoms with Gasteiger partial charge in [-0.15, -0.1) is 17.5 Å². The third kappa shape index (κ3) is 7.19. The zero-order valence-corrected chi connectivity index (χ0v) is 17.0. The van der Waals surface area contributed by atoms with Gasteiger partial charge in [0.25, 0.3) is 0 Å². The number of hydrogen-bond donors (Lipinski definition) is 2. The lowest BCUT2D eigenvalue weighted by Gasteiger charge is -2.16. The van der Waals surface area contributed by atoms with Crippen LogP contribution in [0.15, 0.2) is 49.1 Å². The molecule has 2 heterocycles. The number of ether oxygens (including phenoxy) is 1. The molecule has 0 aliphatic carbocycles. The van der Waals surface area contributed by atoms with Crippen molar-refractivity contribution in [3.8, 4) is 0 Å². The molecule has 3 rings (SSSR count). The number of aromatic nitrogens is 6. The molecular formula is C18H20ClN7O5. The monoisotopic (exact) mass is 449 g/mol. The van der Waals surface area contributed by atoms with Gasteiger partial charge in [-0.2, -0.15) is 0 Å². The Morgan fingerprint density at radius 2 is 1.97 bits per heavy atom.